The zero-order valence-electron chi connectivity index (χ0n) is 10.6. The molecule has 3 nitrogen and oxygen atoms in total. The van der Waals surface area contributed by atoms with Gasteiger partial charge < -0.3 is 14.9 Å². The molecule has 3 atom stereocenters. The Bertz CT molecular complexity index is 425. The number of halogens is 2. The molecule has 0 saturated carbocycles. The predicted molar refractivity (Wildman–Crippen MR) is 75.9 cm³/mol. The fourth-order valence-electron chi connectivity index (χ4n) is 2.55. The second-order valence-electron chi connectivity index (χ2n) is 4.86. The van der Waals surface area contributed by atoms with Crippen molar-refractivity contribution in [3.8, 4) is 0 Å². The molecular weight excluding hydrogens is 287 g/mol. The Hall–Kier alpha value is -0.320. The molecule has 0 spiro atoms. The van der Waals surface area contributed by atoms with E-state index < -0.39 is 12.2 Å². The lowest BCUT2D eigenvalue weighted by atomic mass is 9.87. The minimum atomic E-state index is -0.877. The molecule has 0 bridgehead atoms. The van der Waals surface area contributed by atoms with E-state index in [1.807, 2.05) is 12.1 Å². The molecule has 5 heteroatoms. The molecule has 1 saturated heterocycles. The van der Waals surface area contributed by atoms with Gasteiger partial charge in [0, 0.05) is 12.5 Å². The zero-order chi connectivity index (χ0) is 13.8. The highest BCUT2D eigenvalue weighted by Gasteiger charge is 2.31. The molecule has 1 heterocycles. The summed E-state index contributed by atoms with van der Waals surface area (Å²) >= 11 is 12.0. The molecule has 2 rings (SSSR count). The largest absolute Gasteiger partial charge is 0.394 e. The van der Waals surface area contributed by atoms with Crippen molar-refractivity contribution in [2.45, 2.75) is 37.4 Å². The summed E-state index contributed by atoms with van der Waals surface area (Å²) in [6.07, 6.45) is 1.62. The molecule has 0 amide bonds. The normalized spacial score (nSPS) is 25.9. The summed E-state index contributed by atoms with van der Waals surface area (Å²) in [5.74, 6) is 0.0272. The molecule has 0 radical (unpaired) electrons. The second-order valence-corrected chi connectivity index (χ2v) is 5.68. The van der Waals surface area contributed by atoms with Gasteiger partial charge in [0.2, 0.25) is 0 Å². The Balaban J connectivity index is 2.28. The first-order valence-electron chi connectivity index (χ1n) is 6.49. The van der Waals surface area contributed by atoms with Gasteiger partial charge in [0.1, 0.15) is 6.10 Å². The summed E-state index contributed by atoms with van der Waals surface area (Å²) in [5, 5.41) is 20.1. The summed E-state index contributed by atoms with van der Waals surface area (Å²) in [5.41, 5.74) is 0.994. The quantitative estimate of drug-likeness (QED) is 0.902. The molecule has 0 aliphatic carbocycles. The third kappa shape index (κ3) is 3.61. The van der Waals surface area contributed by atoms with Crippen LogP contribution in [0.4, 0.5) is 0 Å². The fourth-order valence-corrected chi connectivity index (χ4v) is 2.86. The van der Waals surface area contributed by atoms with Crippen LogP contribution in [0.15, 0.2) is 18.2 Å². The highest BCUT2D eigenvalue weighted by atomic mass is 35.5. The number of hydrogen-bond acceptors (Lipinski definition) is 3. The van der Waals surface area contributed by atoms with Crippen molar-refractivity contribution in [2.24, 2.45) is 0 Å². The smallest absolute Gasteiger partial charge is 0.104 e. The van der Waals surface area contributed by atoms with Gasteiger partial charge in [0.25, 0.3) is 0 Å². The molecule has 19 heavy (non-hydrogen) atoms. The summed E-state index contributed by atoms with van der Waals surface area (Å²) in [6, 6.07) is 5.48. The van der Waals surface area contributed by atoms with E-state index >= 15 is 0 Å². The third-order valence-electron chi connectivity index (χ3n) is 3.55. The first kappa shape index (κ1) is 15.1. The predicted octanol–water partition coefficient (Wildman–Crippen LogP) is 3.00. The zero-order valence-corrected chi connectivity index (χ0v) is 12.1. The van der Waals surface area contributed by atoms with Crippen LogP contribution in [0.25, 0.3) is 0 Å². The van der Waals surface area contributed by atoms with E-state index in [2.05, 4.69) is 0 Å². The van der Waals surface area contributed by atoms with Crippen LogP contribution in [0.2, 0.25) is 10.0 Å². The first-order valence-corrected chi connectivity index (χ1v) is 7.24. The molecule has 0 aromatic heterocycles. The van der Waals surface area contributed by atoms with E-state index in [0.717, 1.165) is 24.8 Å². The first-order chi connectivity index (χ1) is 9.13. The number of rotatable bonds is 3. The van der Waals surface area contributed by atoms with Gasteiger partial charge >= 0.3 is 0 Å². The summed E-state index contributed by atoms with van der Waals surface area (Å²) in [6.45, 7) is 0.308. The number of aliphatic hydroxyl groups is 2. The van der Waals surface area contributed by atoms with Gasteiger partial charge in [-0.25, -0.2) is 0 Å². The van der Waals surface area contributed by atoms with Gasteiger partial charge in [-0.05, 0) is 30.5 Å². The van der Waals surface area contributed by atoms with Crippen molar-refractivity contribution in [3.63, 3.8) is 0 Å². The van der Waals surface area contributed by atoms with E-state index in [1.165, 1.54) is 0 Å². The number of benzene rings is 1. The van der Waals surface area contributed by atoms with E-state index in [9.17, 15) is 5.11 Å². The Morgan fingerprint density at radius 3 is 2.74 bits per heavy atom. The van der Waals surface area contributed by atoms with Gasteiger partial charge in [-0.3, -0.25) is 0 Å². The highest BCUT2D eigenvalue weighted by molar-refractivity contribution is 6.42. The minimum absolute atomic E-state index is 0.0272. The van der Waals surface area contributed by atoms with Crippen molar-refractivity contribution in [1.82, 2.24) is 0 Å². The van der Waals surface area contributed by atoms with Crippen LogP contribution in [-0.2, 0) is 4.74 Å². The summed E-state index contributed by atoms with van der Waals surface area (Å²) in [7, 11) is 0. The number of hydrogen-bond donors (Lipinski definition) is 2. The van der Waals surface area contributed by atoms with Crippen molar-refractivity contribution in [1.29, 1.82) is 0 Å². The van der Waals surface area contributed by atoms with Crippen LogP contribution in [-0.4, -0.2) is 35.6 Å². The average molecular weight is 305 g/mol. The summed E-state index contributed by atoms with van der Waals surface area (Å²) < 4.78 is 5.71. The molecule has 1 unspecified atom stereocenters. The van der Waals surface area contributed by atoms with Crippen LogP contribution in [0.5, 0.6) is 0 Å². The highest BCUT2D eigenvalue weighted by Crippen LogP contribution is 2.35. The van der Waals surface area contributed by atoms with Crippen LogP contribution >= 0.6 is 23.2 Å². The van der Waals surface area contributed by atoms with Crippen molar-refractivity contribution in [2.75, 3.05) is 13.2 Å². The second kappa shape index (κ2) is 6.91. The maximum absolute atomic E-state index is 9.93. The Labute approximate surface area is 123 Å². The van der Waals surface area contributed by atoms with Crippen LogP contribution in [0, 0.1) is 0 Å². The lowest BCUT2D eigenvalue weighted by Crippen LogP contribution is -2.36. The van der Waals surface area contributed by atoms with Crippen LogP contribution in [0.1, 0.15) is 30.7 Å². The monoisotopic (exact) mass is 304 g/mol. The van der Waals surface area contributed by atoms with Gasteiger partial charge in [-0.2, -0.15) is 0 Å². The third-order valence-corrected chi connectivity index (χ3v) is 4.29. The van der Waals surface area contributed by atoms with E-state index in [0.29, 0.717) is 16.7 Å². The van der Waals surface area contributed by atoms with Crippen molar-refractivity contribution < 1.29 is 14.9 Å². The maximum Gasteiger partial charge on any atom is 0.104 e. The average Bonchev–Trinajstić information content (AvgIpc) is 2.66. The van der Waals surface area contributed by atoms with Crippen molar-refractivity contribution >= 4 is 23.2 Å². The molecular formula is C14H18Cl2O3. The maximum atomic E-state index is 9.93. The lowest BCUT2D eigenvalue weighted by molar-refractivity contribution is -0.0641. The summed E-state index contributed by atoms with van der Waals surface area (Å²) in [4.78, 5) is 0. The molecule has 1 aromatic carbocycles. The lowest BCUT2D eigenvalue weighted by Gasteiger charge is -2.28. The Morgan fingerprint density at radius 1 is 1.26 bits per heavy atom. The standard InChI is InChI=1S/C14H18Cl2O3/c15-11-5-4-9(7-12(11)16)10-3-1-2-6-19-14(10)13(18)8-17/h4-5,7,10,13-14,17-18H,1-3,6,8H2/t10?,13-,14+/m0/s1. The Kier molecular flexibility index (Phi) is 5.48. The van der Waals surface area contributed by atoms with Crippen LogP contribution < -0.4 is 0 Å². The van der Waals surface area contributed by atoms with E-state index in [4.69, 9.17) is 33.0 Å². The topological polar surface area (TPSA) is 49.7 Å². The van der Waals surface area contributed by atoms with E-state index in [-0.39, 0.29) is 12.5 Å². The molecule has 2 N–H and O–H groups in total. The molecule has 1 aliphatic heterocycles. The SMILES string of the molecule is OC[C@H](O)[C@@H]1OCCCCC1c1ccc(Cl)c(Cl)c1. The van der Waals surface area contributed by atoms with Crippen LogP contribution in [0.3, 0.4) is 0 Å². The van der Waals surface area contributed by atoms with Gasteiger partial charge in [-0.15, -0.1) is 0 Å². The molecule has 106 valence electrons. The fraction of sp³-hybridized carbons (Fsp3) is 0.571. The number of ether oxygens (including phenoxy) is 1. The minimum Gasteiger partial charge on any atom is -0.394 e. The number of aliphatic hydroxyl groups excluding tert-OH is 2. The molecule has 1 aromatic rings. The van der Waals surface area contributed by atoms with Crippen molar-refractivity contribution in [3.05, 3.63) is 33.8 Å². The van der Waals surface area contributed by atoms with Gasteiger partial charge in [-0.1, -0.05) is 35.7 Å². The molecule has 1 fully saturated rings. The van der Waals surface area contributed by atoms with Gasteiger partial charge in [0.05, 0.1) is 22.8 Å². The van der Waals surface area contributed by atoms with E-state index in [1.54, 1.807) is 6.07 Å². The van der Waals surface area contributed by atoms with Gasteiger partial charge in [0.15, 0.2) is 0 Å². The molecule has 1 aliphatic rings. The Morgan fingerprint density at radius 2 is 2.05 bits per heavy atom.